The second-order valence-electron chi connectivity index (χ2n) is 3.63. The van der Waals surface area contributed by atoms with Gasteiger partial charge in [-0.15, -0.1) is 0 Å². The van der Waals surface area contributed by atoms with Crippen LogP contribution in [-0.2, 0) is 13.0 Å². The second kappa shape index (κ2) is 5.78. The van der Waals surface area contributed by atoms with Gasteiger partial charge in [0, 0.05) is 6.04 Å². The van der Waals surface area contributed by atoms with Gasteiger partial charge in [-0.05, 0) is 30.4 Å². The zero-order chi connectivity index (χ0) is 10.4. The highest BCUT2D eigenvalue weighted by Gasteiger charge is 2.03. The van der Waals surface area contributed by atoms with E-state index in [4.69, 9.17) is 10.8 Å². The quantitative estimate of drug-likeness (QED) is 0.749. The molecular weight excluding hydrogens is 174 g/mol. The predicted octanol–water partition coefficient (Wildman–Crippen LogP) is 1.85. The molecule has 78 valence electrons. The van der Waals surface area contributed by atoms with Crippen molar-refractivity contribution >= 4 is 0 Å². The van der Waals surface area contributed by atoms with E-state index in [1.165, 1.54) is 5.56 Å². The summed E-state index contributed by atoms with van der Waals surface area (Å²) in [6.45, 7) is 2.22. The molecule has 0 aliphatic heterocycles. The summed E-state index contributed by atoms with van der Waals surface area (Å²) in [7, 11) is 0. The molecule has 1 atom stereocenters. The highest BCUT2D eigenvalue weighted by Crippen LogP contribution is 2.12. The van der Waals surface area contributed by atoms with Gasteiger partial charge in [-0.2, -0.15) is 0 Å². The van der Waals surface area contributed by atoms with Crippen molar-refractivity contribution in [1.29, 1.82) is 0 Å². The standard InChI is InChI=1S/C12H19NO/c1-2-12(13)8-7-10-5-3-4-6-11(10)9-14/h3-6,12,14H,2,7-9,13H2,1H3. The summed E-state index contributed by atoms with van der Waals surface area (Å²) >= 11 is 0. The van der Waals surface area contributed by atoms with E-state index >= 15 is 0 Å². The van der Waals surface area contributed by atoms with E-state index in [1.54, 1.807) is 0 Å². The Morgan fingerprint density at radius 1 is 1.29 bits per heavy atom. The first-order valence-electron chi connectivity index (χ1n) is 5.21. The van der Waals surface area contributed by atoms with Crippen molar-refractivity contribution in [3.05, 3.63) is 35.4 Å². The van der Waals surface area contributed by atoms with Gasteiger partial charge >= 0.3 is 0 Å². The maximum Gasteiger partial charge on any atom is 0.0684 e. The van der Waals surface area contributed by atoms with Crippen LogP contribution in [0.5, 0.6) is 0 Å². The van der Waals surface area contributed by atoms with Crippen LogP contribution in [0.4, 0.5) is 0 Å². The van der Waals surface area contributed by atoms with Gasteiger partial charge in [-0.3, -0.25) is 0 Å². The van der Waals surface area contributed by atoms with Gasteiger partial charge in [0.15, 0.2) is 0 Å². The summed E-state index contributed by atoms with van der Waals surface area (Å²) < 4.78 is 0. The van der Waals surface area contributed by atoms with Gasteiger partial charge in [-0.25, -0.2) is 0 Å². The van der Waals surface area contributed by atoms with E-state index < -0.39 is 0 Å². The van der Waals surface area contributed by atoms with Crippen LogP contribution in [0.25, 0.3) is 0 Å². The van der Waals surface area contributed by atoms with Crippen molar-refractivity contribution in [2.45, 2.75) is 38.8 Å². The lowest BCUT2D eigenvalue weighted by Crippen LogP contribution is -2.19. The lowest BCUT2D eigenvalue weighted by atomic mass is 10.00. The van der Waals surface area contributed by atoms with Gasteiger partial charge in [0.2, 0.25) is 0 Å². The van der Waals surface area contributed by atoms with Gasteiger partial charge in [-0.1, -0.05) is 31.2 Å². The Hall–Kier alpha value is -0.860. The fourth-order valence-corrected chi connectivity index (χ4v) is 1.50. The fraction of sp³-hybridized carbons (Fsp3) is 0.500. The van der Waals surface area contributed by atoms with E-state index in [9.17, 15) is 0 Å². The average molecular weight is 193 g/mol. The molecule has 3 N–H and O–H groups in total. The highest BCUT2D eigenvalue weighted by atomic mass is 16.3. The number of aryl methyl sites for hydroxylation is 1. The number of benzene rings is 1. The van der Waals surface area contributed by atoms with E-state index in [1.807, 2.05) is 18.2 Å². The molecule has 0 bridgehead atoms. The summed E-state index contributed by atoms with van der Waals surface area (Å²) in [4.78, 5) is 0. The van der Waals surface area contributed by atoms with Crippen molar-refractivity contribution in [3.63, 3.8) is 0 Å². The molecule has 0 aliphatic carbocycles. The van der Waals surface area contributed by atoms with Gasteiger partial charge in [0.25, 0.3) is 0 Å². The molecule has 0 aromatic heterocycles. The molecule has 0 amide bonds. The Balaban J connectivity index is 2.57. The van der Waals surface area contributed by atoms with Gasteiger partial charge in [0.1, 0.15) is 0 Å². The monoisotopic (exact) mass is 193 g/mol. The number of nitrogens with two attached hydrogens (primary N) is 1. The lowest BCUT2D eigenvalue weighted by Gasteiger charge is -2.10. The van der Waals surface area contributed by atoms with Gasteiger partial charge < -0.3 is 10.8 Å². The Kier molecular flexibility index (Phi) is 4.63. The molecule has 14 heavy (non-hydrogen) atoms. The third kappa shape index (κ3) is 3.13. The van der Waals surface area contributed by atoms with E-state index in [-0.39, 0.29) is 12.6 Å². The minimum absolute atomic E-state index is 0.123. The SMILES string of the molecule is CCC(N)CCc1ccccc1CO. The lowest BCUT2D eigenvalue weighted by molar-refractivity contribution is 0.280. The maximum absolute atomic E-state index is 9.11. The van der Waals surface area contributed by atoms with Crippen molar-refractivity contribution < 1.29 is 5.11 Å². The topological polar surface area (TPSA) is 46.2 Å². The molecule has 0 fully saturated rings. The Morgan fingerprint density at radius 2 is 1.93 bits per heavy atom. The first kappa shape index (κ1) is 11.2. The number of hydrogen-bond acceptors (Lipinski definition) is 2. The van der Waals surface area contributed by atoms with Crippen molar-refractivity contribution in [3.8, 4) is 0 Å². The normalized spacial score (nSPS) is 12.8. The minimum Gasteiger partial charge on any atom is -0.392 e. The van der Waals surface area contributed by atoms with Crippen LogP contribution in [0.2, 0.25) is 0 Å². The van der Waals surface area contributed by atoms with Crippen LogP contribution in [0.15, 0.2) is 24.3 Å². The van der Waals surface area contributed by atoms with Crippen LogP contribution in [0.1, 0.15) is 30.9 Å². The van der Waals surface area contributed by atoms with Crippen molar-refractivity contribution in [2.75, 3.05) is 0 Å². The molecule has 0 aliphatic rings. The Morgan fingerprint density at radius 3 is 2.50 bits per heavy atom. The molecule has 1 unspecified atom stereocenters. The van der Waals surface area contributed by atoms with E-state index in [0.717, 1.165) is 24.8 Å². The average Bonchev–Trinajstić information content (AvgIpc) is 2.26. The molecule has 0 saturated heterocycles. The molecule has 2 heteroatoms. The second-order valence-corrected chi connectivity index (χ2v) is 3.63. The largest absolute Gasteiger partial charge is 0.392 e. The van der Waals surface area contributed by atoms with E-state index in [2.05, 4.69) is 13.0 Å². The number of aliphatic hydroxyl groups excluding tert-OH is 1. The molecule has 1 rings (SSSR count). The molecule has 0 spiro atoms. The summed E-state index contributed by atoms with van der Waals surface area (Å²) in [5.41, 5.74) is 8.09. The molecule has 1 aromatic carbocycles. The molecule has 2 nitrogen and oxygen atoms in total. The smallest absolute Gasteiger partial charge is 0.0684 e. The molecule has 0 saturated carbocycles. The number of hydrogen-bond donors (Lipinski definition) is 2. The van der Waals surface area contributed by atoms with Crippen molar-refractivity contribution in [1.82, 2.24) is 0 Å². The highest BCUT2D eigenvalue weighted by molar-refractivity contribution is 5.26. The first-order valence-corrected chi connectivity index (χ1v) is 5.21. The Labute approximate surface area is 85.8 Å². The van der Waals surface area contributed by atoms with Gasteiger partial charge in [0.05, 0.1) is 6.61 Å². The van der Waals surface area contributed by atoms with Crippen LogP contribution < -0.4 is 5.73 Å². The summed E-state index contributed by atoms with van der Waals surface area (Å²) in [5.74, 6) is 0. The van der Waals surface area contributed by atoms with E-state index in [0.29, 0.717) is 0 Å². The number of aliphatic hydroxyl groups is 1. The van der Waals surface area contributed by atoms with Crippen LogP contribution >= 0.6 is 0 Å². The molecule has 0 heterocycles. The zero-order valence-electron chi connectivity index (χ0n) is 8.74. The first-order chi connectivity index (χ1) is 6.77. The van der Waals surface area contributed by atoms with Crippen molar-refractivity contribution in [2.24, 2.45) is 5.73 Å². The summed E-state index contributed by atoms with van der Waals surface area (Å²) in [6, 6.07) is 8.27. The van der Waals surface area contributed by atoms with Crippen LogP contribution in [0.3, 0.4) is 0 Å². The molecule has 1 aromatic rings. The van der Waals surface area contributed by atoms with Crippen LogP contribution in [0, 0.1) is 0 Å². The predicted molar refractivity (Wildman–Crippen MR) is 59.0 cm³/mol. The van der Waals surface area contributed by atoms with Crippen LogP contribution in [-0.4, -0.2) is 11.1 Å². The molecule has 0 radical (unpaired) electrons. The zero-order valence-corrected chi connectivity index (χ0v) is 8.74. The Bertz CT molecular complexity index is 273. The third-order valence-electron chi connectivity index (χ3n) is 2.60. The molecular formula is C12H19NO. The summed E-state index contributed by atoms with van der Waals surface area (Å²) in [6.07, 6.45) is 2.97. The minimum atomic E-state index is 0.123. The third-order valence-corrected chi connectivity index (χ3v) is 2.60. The number of rotatable bonds is 5. The fourth-order valence-electron chi connectivity index (χ4n) is 1.50. The maximum atomic E-state index is 9.11. The summed E-state index contributed by atoms with van der Waals surface area (Å²) in [5, 5.41) is 9.11.